The molecule has 2 rings (SSSR count). The third kappa shape index (κ3) is 2.77. The van der Waals surface area contributed by atoms with Crippen LogP contribution in [-0.2, 0) is 10.2 Å². The van der Waals surface area contributed by atoms with E-state index in [-0.39, 0.29) is 16.7 Å². The van der Waals surface area contributed by atoms with Crippen LogP contribution in [0.25, 0.3) is 0 Å². The first-order chi connectivity index (χ1) is 8.50. The predicted molar refractivity (Wildman–Crippen MR) is 77.9 cm³/mol. The summed E-state index contributed by atoms with van der Waals surface area (Å²) in [6.07, 6.45) is 1.94. The molecule has 0 atom stereocenters. The van der Waals surface area contributed by atoms with Gasteiger partial charge in [-0.1, -0.05) is 60.1 Å². The molecule has 0 spiro atoms. The number of halogens is 1. The lowest BCUT2D eigenvalue weighted by molar-refractivity contribution is -0.124. The van der Waals surface area contributed by atoms with E-state index in [1.54, 1.807) is 0 Å². The smallest absolute Gasteiger partial charge is 0.230 e. The molecule has 0 heterocycles. The van der Waals surface area contributed by atoms with Gasteiger partial charge in [0.05, 0.1) is 5.41 Å². The minimum Gasteiger partial charge on any atom is -0.355 e. The van der Waals surface area contributed by atoms with Gasteiger partial charge in [-0.2, -0.15) is 0 Å². The first kappa shape index (κ1) is 13.6. The molecule has 0 radical (unpaired) electrons. The van der Waals surface area contributed by atoms with Gasteiger partial charge in [-0.15, -0.1) is 0 Å². The summed E-state index contributed by atoms with van der Waals surface area (Å²) in [5.41, 5.74) is 1.01. The van der Waals surface area contributed by atoms with Crippen molar-refractivity contribution in [2.24, 2.45) is 5.41 Å². The Morgan fingerprint density at radius 2 is 1.94 bits per heavy atom. The van der Waals surface area contributed by atoms with Gasteiger partial charge in [0, 0.05) is 11.9 Å². The number of rotatable bonds is 5. The summed E-state index contributed by atoms with van der Waals surface area (Å²) in [6.45, 7) is 5.00. The fraction of sp³-hybridized carbons (Fsp3) is 0.533. The molecule has 1 amide bonds. The van der Waals surface area contributed by atoms with Gasteiger partial charge >= 0.3 is 0 Å². The zero-order chi connectivity index (χ0) is 13.2. The van der Waals surface area contributed by atoms with E-state index in [9.17, 15) is 4.79 Å². The van der Waals surface area contributed by atoms with Crippen molar-refractivity contribution >= 4 is 21.8 Å². The molecule has 18 heavy (non-hydrogen) atoms. The van der Waals surface area contributed by atoms with E-state index in [1.165, 1.54) is 0 Å². The summed E-state index contributed by atoms with van der Waals surface area (Å²) >= 11 is 3.48. The van der Waals surface area contributed by atoms with Crippen molar-refractivity contribution < 1.29 is 4.79 Å². The van der Waals surface area contributed by atoms with Gasteiger partial charge in [-0.25, -0.2) is 0 Å². The van der Waals surface area contributed by atoms with Gasteiger partial charge in [-0.05, 0) is 23.8 Å². The third-order valence-electron chi connectivity index (χ3n) is 3.60. The van der Waals surface area contributed by atoms with Crippen LogP contribution in [0.1, 0.15) is 32.3 Å². The highest BCUT2D eigenvalue weighted by atomic mass is 79.9. The fourth-order valence-electron chi connectivity index (χ4n) is 2.07. The Morgan fingerprint density at radius 1 is 1.33 bits per heavy atom. The van der Waals surface area contributed by atoms with Crippen LogP contribution in [0.3, 0.4) is 0 Å². The number of alkyl halides is 1. The van der Waals surface area contributed by atoms with Crippen LogP contribution in [-0.4, -0.2) is 17.8 Å². The summed E-state index contributed by atoms with van der Waals surface area (Å²) in [7, 11) is 0. The van der Waals surface area contributed by atoms with E-state index in [0.717, 1.165) is 23.7 Å². The third-order valence-corrected chi connectivity index (χ3v) is 5.12. The van der Waals surface area contributed by atoms with Crippen LogP contribution in [0.4, 0.5) is 0 Å². The van der Waals surface area contributed by atoms with E-state index in [1.807, 2.05) is 18.2 Å². The van der Waals surface area contributed by atoms with Crippen molar-refractivity contribution in [1.29, 1.82) is 0 Å². The van der Waals surface area contributed by atoms with E-state index in [0.29, 0.717) is 6.54 Å². The molecule has 0 saturated heterocycles. The quantitative estimate of drug-likeness (QED) is 0.831. The molecule has 3 heteroatoms. The summed E-state index contributed by atoms with van der Waals surface area (Å²) in [6, 6.07) is 10.1. The van der Waals surface area contributed by atoms with Crippen LogP contribution in [0.5, 0.6) is 0 Å². The molecule has 0 unspecified atom stereocenters. The van der Waals surface area contributed by atoms with Crippen molar-refractivity contribution in [3.05, 3.63) is 35.9 Å². The molecule has 1 aromatic rings. The molecule has 0 aromatic heterocycles. The summed E-state index contributed by atoms with van der Waals surface area (Å²) < 4.78 is 0. The Kier molecular flexibility index (Phi) is 3.81. The van der Waals surface area contributed by atoms with Crippen LogP contribution >= 0.6 is 15.9 Å². The van der Waals surface area contributed by atoms with Crippen LogP contribution in [0, 0.1) is 5.41 Å². The Hall–Kier alpha value is -0.830. The van der Waals surface area contributed by atoms with E-state index in [4.69, 9.17) is 0 Å². The first-order valence-electron chi connectivity index (χ1n) is 6.40. The molecular formula is C15H20BrNO. The average Bonchev–Trinajstić information content (AvgIpc) is 3.19. The molecule has 1 N–H and O–H groups in total. The molecule has 0 bridgehead atoms. The summed E-state index contributed by atoms with van der Waals surface area (Å²) in [5.74, 6) is 0.183. The average molecular weight is 310 g/mol. The minimum atomic E-state index is -0.246. The predicted octanol–water partition coefficient (Wildman–Crippen LogP) is 3.26. The topological polar surface area (TPSA) is 29.1 Å². The number of hydrogen-bond acceptors (Lipinski definition) is 1. The lowest BCUT2D eigenvalue weighted by Gasteiger charge is -2.24. The monoisotopic (exact) mass is 309 g/mol. The van der Waals surface area contributed by atoms with Gasteiger partial charge in [0.2, 0.25) is 5.91 Å². The zero-order valence-electron chi connectivity index (χ0n) is 11.0. The SMILES string of the molecule is CC(C)(CBr)CNC(=O)C1(c2ccccc2)CC1. The fourth-order valence-corrected chi connectivity index (χ4v) is 2.26. The van der Waals surface area contributed by atoms with E-state index >= 15 is 0 Å². The van der Waals surface area contributed by atoms with Crippen LogP contribution in [0.2, 0.25) is 0 Å². The van der Waals surface area contributed by atoms with Crippen molar-refractivity contribution in [3.8, 4) is 0 Å². The molecule has 2 nitrogen and oxygen atoms in total. The zero-order valence-corrected chi connectivity index (χ0v) is 12.6. The minimum absolute atomic E-state index is 0.0996. The lowest BCUT2D eigenvalue weighted by Crippen LogP contribution is -2.40. The van der Waals surface area contributed by atoms with Gasteiger partial charge in [0.25, 0.3) is 0 Å². The van der Waals surface area contributed by atoms with Crippen molar-refractivity contribution in [1.82, 2.24) is 5.32 Å². The lowest BCUT2D eigenvalue weighted by atomic mass is 9.93. The highest BCUT2D eigenvalue weighted by Gasteiger charge is 2.51. The number of nitrogens with one attached hydrogen (secondary N) is 1. The molecule has 1 aromatic carbocycles. The van der Waals surface area contributed by atoms with Crippen molar-refractivity contribution in [2.75, 3.05) is 11.9 Å². The maximum atomic E-state index is 12.4. The normalized spacial score (nSPS) is 17.3. The Balaban J connectivity index is 2.02. The molecule has 0 aliphatic heterocycles. The Bertz CT molecular complexity index is 423. The number of benzene rings is 1. The highest BCUT2D eigenvalue weighted by molar-refractivity contribution is 9.09. The maximum absolute atomic E-state index is 12.4. The van der Waals surface area contributed by atoms with Gasteiger partial charge < -0.3 is 5.32 Å². The molecule has 1 aliphatic carbocycles. The second-order valence-electron chi connectivity index (χ2n) is 5.93. The van der Waals surface area contributed by atoms with Crippen LogP contribution in [0.15, 0.2) is 30.3 Å². The molecular weight excluding hydrogens is 290 g/mol. The number of carbonyl (C=O) groups excluding carboxylic acids is 1. The number of carbonyl (C=O) groups is 1. The van der Waals surface area contributed by atoms with Gasteiger partial charge in [0.1, 0.15) is 0 Å². The van der Waals surface area contributed by atoms with Gasteiger partial charge in [0.15, 0.2) is 0 Å². The second-order valence-corrected chi connectivity index (χ2v) is 6.49. The number of hydrogen-bond donors (Lipinski definition) is 1. The molecule has 1 saturated carbocycles. The molecule has 1 aliphatic rings. The highest BCUT2D eigenvalue weighted by Crippen LogP contribution is 2.48. The van der Waals surface area contributed by atoms with E-state index in [2.05, 4.69) is 47.2 Å². The summed E-state index contributed by atoms with van der Waals surface area (Å²) in [5, 5.41) is 3.99. The first-order valence-corrected chi connectivity index (χ1v) is 7.52. The van der Waals surface area contributed by atoms with Crippen LogP contribution < -0.4 is 5.32 Å². The van der Waals surface area contributed by atoms with Gasteiger partial charge in [-0.3, -0.25) is 4.79 Å². The largest absolute Gasteiger partial charge is 0.355 e. The standard InChI is InChI=1S/C15H20BrNO/c1-14(2,10-16)11-17-13(18)15(8-9-15)12-6-4-3-5-7-12/h3-7H,8-11H2,1-2H3,(H,17,18). The van der Waals surface area contributed by atoms with E-state index < -0.39 is 0 Å². The number of amides is 1. The van der Waals surface area contributed by atoms with Crippen molar-refractivity contribution in [3.63, 3.8) is 0 Å². The maximum Gasteiger partial charge on any atom is 0.230 e. The molecule has 98 valence electrons. The van der Waals surface area contributed by atoms with Crippen molar-refractivity contribution in [2.45, 2.75) is 32.1 Å². The Labute approximate surface area is 117 Å². The molecule has 1 fully saturated rings. The summed E-state index contributed by atoms with van der Waals surface area (Å²) in [4.78, 5) is 12.4. The second kappa shape index (κ2) is 5.04. The Morgan fingerprint density at radius 3 is 2.44 bits per heavy atom.